The highest BCUT2D eigenvalue weighted by Gasteiger charge is 2.10. The van der Waals surface area contributed by atoms with E-state index in [-0.39, 0.29) is 4.47 Å². The minimum Gasteiger partial charge on any atom is -0.203 e. The van der Waals surface area contributed by atoms with Crippen LogP contribution < -0.4 is 0 Å². The summed E-state index contributed by atoms with van der Waals surface area (Å²) in [4.78, 5) is 0. The van der Waals surface area contributed by atoms with Gasteiger partial charge in [0, 0.05) is 0 Å². The first-order chi connectivity index (χ1) is 6.66. The van der Waals surface area contributed by atoms with Gasteiger partial charge in [-0.05, 0) is 40.4 Å². The van der Waals surface area contributed by atoms with Gasteiger partial charge >= 0.3 is 0 Å². The molecule has 0 radical (unpaired) electrons. The Kier molecular flexibility index (Phi) is 4.52. The third-order valence-electron chi connectivity index (χ3n) is 2.16. The van der Waals surface area contributed by atoms with Gasteiger partial charge in [0.25, 0.3) is 0 Å². The van der Waals surface area contributed by atoms with Gasteiger partial charge in [0.05, 0.1) is 4.47 Å². The zero-order valence-electron chi connectivity index (χ0n) is 8.12. The van der Waals surface area contributed by atoms with Gasteiger partial charge in [0.2, 0.25) is 0 Å². The first-order valence-electron chi connectivity index (χ1n) is 4.79. The maximum Gasteiger partial charge on any atom is 0.173 e. The SMILES string of the molecule is CCCCCc1ccc(Br)c(F)c1F. The Morgan fingerprint density at radius 3 is 2.50 bits per heavy atom. The van der Waals surface area contributed by atoms with Gasteiger partial charge in [-0.1, -0.05) is 25.8 Å². The normalized spacial score (nSPS) is 10.6. The van der Waals surface area contributed by atoms with Crippen molar-refractivity contribution in [3.63, 3.8) is 0 Å². The van der Waals surface area contributed by atoms with E-state index in [1.54, 1.807) is 12.1 Å². The molecule has 0 unspecified atom stereocenters. The van der Waals surface area contributed by atoms with E-state index >= 15 is 0 Å². The molecule has 0 saturated carbocycles. The van der Waals surface area contributed by atoms with Crippen molar-refractivity contribution in [2.75, 3.05) is 0 Å². The van der Waals surface area contributed by atoms with Crippen LogP contribution in [-0.2, 0) is 6.42 Å². The number of rotatable bonds is 4. The third-order valence-corrected chi connectivity index (χ3v) is 2.78. The second kappa shape index (κ2) is 5.44. The second-order valence-corrected chi connectivity index (χ2v) is 4.15. The van der Waals surface area contributed by atoms with Crippen LogP contribution in [0.2, 0.25) is 0 Å². The minimum absolute atomic E-state index is 0.189. The van der Waals surface area contributed by atoms with Crippen molar-refractivity contribution in [1.82, 2.24) is 0 Å². The quantitative estimate of drug-likeness (QED) is 0.555. The molecule has 0 aliphatic heterocycles. The van der Waals surface area contributed by atoms with Crippen LogP contribution in [0.5, 0.6) is 0 Å². The zero-order valence-corrected chi connectivity index (χ0v) is 9.70. The number of hydrogen-bond acceptors (Lipinski definition) is 0. The lowest BCUT2D eigenvalue weighted by Gasteiger charge is -2.04. The van der Waals surface area contributed by atoms with Gasteiger partial charge in [0.15, 0.2) is 11.6 Å². The Hall–Kier alpha value is -0.440. The molecular weight excluding hydrogens is 250 g/mol. The highest BCUT2D eigenvalue weighted by molar-refractivity contribution is 9.10. The fourth-order valence-corrected chi connectivity index (χ4v) is 1.63. The predicted octanol–water partition coefficient (Wildman–Crippen LogP) is 4.46. The summed E-state index contributed by atoms with van der Waals surface area (Å²) in [5.41, 5.74) is 0.471. The van der Waals surface area contributed by atoms with Crippen molar-refractivity contribution < 1.29 is 8.78 Å². The van der Waals surface area contributed by atoms with Crippen LogP contribution in [0.25, 0.3) is 0 Å². The average Bonchev–Trinajstić information content (AvgIpc) is 2.18. The Labute approximate surface area is 91.5 Å². The summed E-state index contributed by atoms with van der Waals surface area (Å²) in [5.74, 6) is -1.49. The average molecular weight is 263 g/mol. The number of halogens is 3. The summed E-state index contributed by atoms with van der Waals surface area (Å²) in [6.07, 6.45) is 3.66. The van der Waals surface area contributed by atoms with Gasteiger partial charge in [-0.25, -0.2) is 8.78 Å². The first-order valence-corrected chi connectivity index (χ1v) is 5.58. The summed E-state index contributed by atoms with van der Waals surface area (Å²) in [6.45, 7) is 2.08. The summed E-state index contributed by atoms with van der Waals surface area (Å²) < 4.78 is 26.6. The summed E-state index contributed by atoms with van der Waals surface area (Å²) >= 11 is 2.95. The Balaban J connectivity index is 2.73. The first kappa shape index (κ1) is 11.6. The van der Waals surface area contributed by atoms with Crippen LogP contribution in [0, 0.1) is 11.6 Å². The van der Waals surface area contributed by atoms with Crippen LogP contribution in [-0.4, -0.2) is 0 Å². The molecule has 1 aromatic rings. The lowest BCUT2D eigenvalue weighted by atomic mass is 10.1. The molecule has 0 atom stereocenters. The van der Waals surface area contributed by atoms with E-state index in [0.29, 0.717) is 12.0 Å². The molecule has 0 spiro atoms. The predicted molar refractivity (Wildman–Crippen MR) is 57.3 cm³/mol. The van der Waals surface area contributed by atoms with E-state index in [4.69, 9.17) is 0 Å². The molecular formula is C11H13BrF2. The molecule has 0 fully saturated rings. The lowest BCUT2D eigenvalue weighted by molar-refractivity contribution is 0.492. The van der Waals surface area contributed by atoms with Gasteiger partial charge in [-0.15, -0.1) is 0 Å². The largest absolute Gasteiger partial charge is 0.203 e. The Bertz CT molecular complexity index is 310. The second-order valence-electron chi connectivity index (χ2n) is 3.29. The maximum atomic E-state index is 13.3. The Morgan fingerprint density at radius 2 is 1.86 bits per heavy atom. The van der Waals surface area contributed by atoms with E-state index in [9.17, 15) is 8.78 Å². The monoisotopic (exact) mass is 262 g/mol. The summed E-state index contributed by atoms with van der Waals surface area (Å²) in [5, 5.41) is 0. The number of benzene rings is 1. The molecule has 0 bridgehead atoms. The molecule has 0 aliphatic rings. The minimum atomic E-state index is -0.779. The summed E-state index contributed by atoms with van der Waals surface area (Å²) in [6, 6.07) is 3.19. The van der Waals surface area contributed by atoms with E-state index in [2.05, 4.69) is 22.9 Å². The molecule has 0 amide bonds. The van der Waals surface area contributed by atoms with E-state index < -0.39 is 11.6 Å². The lowest BCUT2D eigenvalue weighted by Crippen LogP contribution is -1.95. The van der Waals surface area contributed by atoms with Gasteiger partial charge in [0.1, 0.15) is 0 Å². The van der Waals surface area contributed by atoms with Crippen molar-refractivity contribution in [3.05, 3.63) is 33.8 Å². The fraction of sp³-hybridized carbons (Fsp3) is 0.455. The molecule has 1 rings (SSSR count). The number of aryl methyl sites for hydroxylation is 1. The molecule has 3 heteroatoms. The van der Waals surface area contributed by atoms with Crippen LogP contribution in [0.15, 0.2) is 16.6 Å². The van der Waals surface area contributed by atoms with Gasteiger partial charge < -0.3 is 0 Å². The van der Waals surface area contributed by atoms with Crippen molar-refractivity contribution in [1.29, 1.82) is 0 Å². The molecule has 0 saturated heterocycles. The van der Waals surface area contributed by atoms with Crippen LogP contribution >= 0.6 is 15.9 Å². The highest BCUT2D eigenvalue weighted by atomic mass is 79.9. The van der Waals surface area contributed by atoms with E-state index in [0.717, 1.165) is 19.3 Å². The Morgan fingerprint density at radius 1 is 1.14 bits per heavy atom. The third kappa shape index (κ3) is 2.77. The van der Waals surface area contributed by atoms with Crippen LogP contribution in [0.3, 0.4) is 0 Å². The van der Waals surface area contributed by atoms with E-state index in [1.807, 2.05) is 0 Å². The summed E-state index contributed by atoms with van der Waals surface area (Å²) in [7, 11) is 0. The molecule has 0 heterocycles. The fourth-order valence-electron chi connectivity index (χ4n) is 1.32. The van der Waals surface area contributed by atoms with Crippen molar-refractivity contribution >= 4 is 15.9 Å². The van der Waals surface area contributed by atoms with Crippen LogP contribution in [0.4, 0.5) is 8.78 Å². The molecule has 78 valence electrons. The molecule has 0 nitrogen and oxygen atoms in total. The standard InChI is InChI=1S/C11H13BrF2/c1-2-3-4-5-8-6-7-9(12)11(14)10(8)13/h6-7H,2-5H2,1H3. The van der Waals surface area contributed by atoms with E-state index in [1.165, 1.54) is 0 Å². The molecule has 1 aromatic carbocycles. The zero-order chi connectivity index (χ0) is 10.6. The van der Waals surface area contributed by atoms with Crippen molar-refractivity contribution in [2.24, 2.45) is 0 Å². The van der Waals surface area contributed by atoms with Crippen molar-refractivity contribution in [2.45, 2.75) is 32.6 Å². The van der Waals surface area contributed by atoms with Crippen LogP contribution in [0.1, 0.15) is 31.7 Å². The van der Waals surface area contributed by atoms with Crippen molar-refractivity contribution in [3.8, 4) is 0 Å². The van der Waals surface area contributed by atoms with Gasteiger partial charge in [-0.2, -0.15) is 0 Å². The number of hydrogen-bond donors (Lipinski definition) is 0. The molecule has 0 aromatic heterocycles. The molecule has 0 N–H and O–H groups in total. The smallest absolute Gasteiger partial charge is 0.173 e. The highest BCUT2D eigenvalue weighted by Crippen LogP contribution is 2.22. The topological polar surface area (TPSA) is 0 Å². The number of unbranched alkanes of at least 4 members (excludes halogenated alkanes) is 2. The molecule has 14 heavy (non-hydrogen) atoms. The molecule has 0 aliphatic carbocycles. The maximum absolute atomic E-state index is 13.3. The van der Waals surface area contributed by atoms with Gasteiger partial charge in [-0.3, -0.25) is 0 Å².